The first-order valence-corrected chi connectivity index (χ1v) is 21.3. The molecule has 3 atom stereocenters. The molecule has 0 saturated carbocycles. The van der Waals surface area contributed by atoms with E-state index in [2.05, 4.69) is 87.8 Å². The lowest BCUT2D eigenvalue weighted by molar-refractivity contribution is 0.0933. The Kier molecular flexibility index (Phi) is 14.3. The number of aryl methyl sites for hydroxylation is 1. The van der Waals surface area contributed by atoms with Crippen LogP contribution >= 0.6 is 0 Å². The zero-order valence-corrected chi connectivity index (χ0v) is 30.5. The molecule has 6 nitrogen and oxygen atoms in total. The van der Waals surface area contributed by atoms with E-state index in [1.807, 2.05) is 6.92 Å². The highest BCUT2D eigenvalue weighted by Crippen LogP contribution is 2.52. The number of aliphatic hydroxyl groups is 2. The minimum absolute atomic E-state index is 0.121. The van der Waals surface area contributed by atoms with Crippen molar-refractivity contribution in [1.82, 2.24) is 4.72 Å². The SMILES string of the molecule is Cc1ccc(S(=O)(=O)N[C@@H]([C@H](CCO)O[Si](C(C)C)(C(C)C)C(C)C)[C@H](CO)[Si](C(C)C)(C(C)C)C(C)C)cc1. The summed E-state index contributed by atoms with van der Waals surface area (Å²) in [4.78, 5) is 0.202. The van der Waals surface area contributed by atoms with Crippen molar-refractivity contribution in [2.75, 3.05) is 13.2 Å². The van der Waals surface area contributed by atoms with Crippen molar-refractivity contribution in [3.8, 4) is 0 Å². The molecule has 9 heteroatoms. The molecule has 0 spiro atoms. The first-order valence-electron chi connectivity index (χ1n) is 15.4. The Morgan fingerprint density at radius 2 is 1.18 bits per heavy atom. The second-order valence-electron chi connectivity index (χ2n) is 13.7. The number of hydrogen-bond acceptors (Lipinski definition) is 5. The van der Waals surface area contributed by atoms with E-state index in [0.717, 1.165) is 5.56 Å². The highest BCUT2D eigenvalue weighted by molar-refractivity contribution is 7.89. The molecule has 0 aliphatic heterocycles. The molecule has 234 valence electrons. The molecule has 40 heavy (non-hydrogen) atoms. The van der Waals surface area contributed by atoms with Crippen molar-refractivity contribution < 1.29 is 23.1 Å². The smallest absolute Gasteiger partial charge is 0.240 e. The van der Waals surface area contributed by atoms with Gasteiger partial charge in [0, 0.05) is 19.3 Å². The Labute approximate surface area is 248 Å². The largest absolute Gasteiger partial charge is 0.411 e. The molecule has 0 unspecified atom stereocenters. The van der Waals surface area contributed by atoms with E-state index in [-0.39, 0.29) is 40.3 Å². The molecular formula is C31H61NO5SSi2. The van der Waals surface area contributed by atoms with E-state index >= 15 is 0 Å². The van der Waals surface area contributed by atoms with Gasteiger partial charge in [0.25, 0.3) is 0 Å². The molecule has 1 aromatic rings. The molecule has 1 rings (SSSR count). The third kappa shape index (κ3) is 7.68. The number of benzene rings is 1. The lowest BCUT2D eigenvalue weighted by atomic mass is 10.1. The van der Waals surface area contributed by atoms with Crippen LogP contribution < -0.4 is 4.72 Å². The van der Waals surface area contributed by atoms with Crippen LogP contribution in [0.3, 0.4) is 0 Å². The second-order valence-corrected chi connectivity index (χ2v) is 27.0. The third-order valence-corrected chi connectivity index (χ3v) is 25.2. The maximum atomic E-state index is 14.0. The monoisotopic (exact) mass is 615 g/mol. The molecule has 0 amide bonds. The lowest BCUT2D eigenvalue weighted by Gasteiger charge is -2.53. The topological polar surface area (TPSA) is 95.9 Å². The highest BCUT2D eigenvalue weighted by Gasteiger charge is 2.55. The van der Waals surface area contributed by atoms with Gasteiger partial charge in [-0.2, -0.15) is 0 Å². The normalized spacial score (nSPS) is 16.1. The van der Waals surface area contributed by atoms with Gasteiger partial charge in [0.05, 0.1) is 19.1 Å². The summed E-state index contributed by atoms with van der Waals surface area (Å²) >= 11 is 0. The Balaban J connectivity index is 4.03. The fraction of sp³-hybridized carbons (Fsp3) is 0.806. The minimum Gasteiger partial charge on any atom is -0.411 e. The lowest BCUT2D eigenvalue weighted by Crippen LogP contribution is -2.63. The fourth-order valence-corrected chi connectivity index (χ4v) is 23.2. The van der Waals surface area contributed by atoms with Gasteiger partial charge in [-0.05, 0) is 47.6 Å². The minimum atomic E-state index is -3.93. The summed E-state index contributed by atoms with van der Waals surface area (Å²) in [5.74, 6) is 0. The van der Waals surface area contributed by atoms with Crippen LogP contribution in [-0.4, -0.2) is 60.4 Å². The van der Waals surface area contributed by atoms with E-state index in [0.29, 0.717) is 23.0 Å². The van der Waals surface area contributed by atoms with E-state index in [4.69, 9.17) is 4.43 Å². The van der Waals surface area contributed by atoms with Crippen molar-refractivity contribution in [2.45, 2.75) is 152 Å². The number of aliphatic hydroxyl groups excluding tert-OH is 2. The molecule has 0 aromatic heterocycles. The van der Waals surface area contributed by atoms with Crippen LogP contribution in [-0.2, 0) is 14.4 Å². The summed E-state index contributed by atoms with van der Waals surface area (Å²) in [6.07, 6.45) is -0.263. The standard InChI is InChI=1S/C31H61NO5SSi2/c1-21(2)39(22(3)4,23(5)6)30(20-34)31(32-38(35,36)28-16-14-27(13)15-17-28)29(18-19-33)37-40(24(7)8,25(9)10)26(11)12/h14-17,21-26,29-34H,18-20H2,1-13H3/t29-,30-,31-/m0/s1. The number of hydrogen-bond donors (Lipinski definition) is 3. The fourth-order valence-electron chi connectivity index (χ4n) is 8.36. The Morgan fingerprint density at radius 1 is 0.750 bits per heavy atom. The summed E-state index contributed by atoms with van der Waals surface area (Å²) in [5.41, 5.74) is 2.45. The zero-order chi connectivity index (χ0) is 31.2. The molecular weight excluding hydrogens is 555 g/mol. The maximum Gasteiger partial charge on any atom is 0.240 e. The van der Waals surface area contributed by atoms with Crippen LogP contribution in [0, 0.1) is 6.92 Å². The number of sulfonamides is 1. The average molecular weight is 616 g/mol. The van der Waals surface area contributed by atoms with Crippen LogP contribution in [0.2, 0.25) is 38.8 Å². The Bertz CT molecular complexity index is 950. The van der Waals surface area contributed by atoms with E-state index in [1.165, 1.54) is 0 Å². The van der Waals surface area contributed by atoms with Gasteiger partial charge in [-0.3, -0.25) is 0 Å². The van der Waals surface area contributed by atoms with Crippen LogP contribution in [0.5, 0.6) is 0 Å². The van der Waals surface area contributed by atoms with Gasteiger partial charge in [-0.1, -0.05) is 117 Å². The van der Waals surface area contributed by atoms with Crippen LogP contribution in [0.4, 0.5) is 0 Å². The summed E-state index contributed by atoms with van der Waals surface area (Å²) in [5, 5.41) is 21.6. The van der Waals surface area contributed by atoms with Crippen molar-refractivity contribution in [3.63, 3.8) is 0 Å². The molecule has 0 fully saturated rings. The first-order chi connectivity index (χ1) is 18.4. The molecule has 0 saturated heterocycles. The number of nitrogens with one attached hydrogen (secondary N) is 1. The van der Waals surface area contributed by atoms with Crippen molar-refractivity contribution in [2.24, 2.45) is 0 Å². The molecule has 0 heterocycles. The van der Waals surface area contributed by atoms with Crippen LogP contribution in [0.15, 0.2) is 29.2 Å². The summed E-state index contributed by atoms with van der Waals surface area (Å²) in [6.45, 7) is 28.4. The van der Waals surface area contributed by atoms with Crippen molar-refractivity contribution >= 4 is 26.4 Å². The second kappa shape index (κ2) is 15.3. The summed E-state index contributed by atoms with van der Waals surface area (Å²) in [6, 6.07) is 6.21. The van der Waals surface area contributed by atoms with Gasteiger partial charge >= 0.3 is 0 Å². The Hall–Kier alpha value is -0.556. The van der Waals surface area contributed by atoms with Gasteiger partial charge in [-0.25, -0.2) is 13.1 Å². The molecule has 0 aliphatic carbocycles. The molecule has 3 N–H and O–H groups in total. The van der Waals surface area contributed by atoms with E-state index in [1.54, 1.807) is 24.3 Å². The van der Waals surface area contributed by atoms with Crippen molar-refractivity contribution in [1.29, 1.82) is 0 Å². The molecule has 0 aliphatic rings. The Morgan fingerprint density at radius 3 is 1.50 bits per heavy atom. The molecule has 0 radical (unpaired) electrons. The van der Waals surface area contributed by atoms with Gasteiger partial charge in [0.15, 0.2) is 0 Å². The number of rotatable bonds is 17. The summed E-state index contributed by atoms with van der Waals surface area (Å²) < 4.78 is 38.4. The van der Waals surface area contributed by atoms with E-state index in [9.17, 15) is 18.6 Å². The van der Waals surface area contributed by atoms with Gasteiger partial charge in [0.2, 0.25) is 18.3 Å². The zero-order valence-electron chi connectivity index (χ0n) is 27.7. The quantitative estimate of drug-likeness (QED) is 0.157. The third-order valence-electron chi connectivity index (χ3n) is 9.77. The molecule has 0 bridgehead atoms. The summed E-state index contributed by atoms with van der Waals surface area (Å²) in [7, 11) is -8.80. The predicted octanol–water partition coefficient (Wildman–Crippen LogP) is 7.63. The maximum absolute atomic E-state index is 14.0. The average Bonchev–Trinajstić information content (AvgIpc) is 2.82. The van der Waals surface area contributed by atoms with E-state index < -0.39 is 38.6 Å². The predicted molar refractivity (Wildman–Crippen MR) is 175 cm³/mol. The first kappa shape index (κ1) is 37.5. The van der Waals surface area contributed by atoms with Crippen LogP contribution in [0.1, 0.15) is 95.1 Å². The molecule has 1 aromatic carbocycles. The van der Waals surface area contributed by atoms with Gasteiger partial charge in [0.1, 0.15) is 0 Å². The van der Waals surface area contributed by atoms with Crippen molar-refractivity contribution in [3.05, 3.63) is 29.8 Å². The van der Waals surface area contributed by atoms with Gasteiger partial charge < -0.3 is 14.6 Å². The van der Waals surface area contributed by atoms with Crippen LogP contribution in [0.25, 0.3) is 0 Å². The highest BCUT2D eigenvalue weighted by atomic mass is 32.2. The van der Waals surface area contributed by atoms with Gasteiger partial charge in [-0.15, -0.1) is 0 Å².